The molecular weight excluding hydrogens is 301 g/mol. The van der Waals surface area contributed by atoms with Gasteiger partial charge < -0.3 is 4.57 Å². The molecule has 3 aromatic rings. The standard InChI is InChI=1S/C14H9Cl2NOS/c1-17-7-10(8-4-2-3-5-11(8)17)13(18)9-6-12(15)19-14(9)16/h2-7H,1H3. The number of para-hydroxylation sites is 1. The van der Waals surface area contributed by atoms with Crippen LogP contribution in [-0.4, -0.2) is 10.4 Å². The normalized spacial score (nSPS) is 11.1. The molecule has 1 aromatic carbocycles. The van der Waals surface area contributed by atoms with Crippen molar-refractivity contribution in [2.75, 3.05) is 0 Å². The number of carbonyl (C=O) groups excluding carboxylic acids is 1. The fraction of sp³-hybridized carbons (Fsp3) is 0.0714. The van der Waals surface area contributed by atoms with Crippen LogP contribution in [0, 0.1) is 0 Å². The van der Waals surface area contributed by atoms with Gasteiger partial charge in [-0.1, -0.05) is 41.4 Å². The van der Waals surface area contributed by atoms with Crippen molar-refractivity contribution in [2.24, 2.45) is 7.05 Å². The highest BCUT2D eigenvalue weighted by atomic mass is 35.5. The first-order valence-corrected chi connectivity index (χ1v) is 7.19. The van der Waals surface area contributed by atoms with Crippen molar-refractivity contribution in [3.63, 3.8) is 0 Å². The molecule has 0 fully saturated rings. The second-order valence-electron chi connectivity index (χ2n) is 4.24. The number of carbonyl (C=O) groups is 1. The molecule has 3 rings (SSSR count). The Morgan fingerprint density at radius 1 is 1.21 bits per heavy atom. The summed E-state index contributed by atoms with van der Waals surface area (Å²) in [6.45, 7) is 0. The molecule has 0 unspecified atom stereocenters. The summed E-state index contributed by atoms with van der Waals surface area (Å²) in [6, 6.07) is 9.41. The Labute approximate surface area is 124 Å². The van der Waals surface area contributed by atoms with Crippen molar-refractivity contribution in [1.29, 1.82) is 0 Å². The first-order valence-electron chi connectivity index (χ1n) is 5.61. The van der Waals surface area contributed by atoms with Gasteiger partial charge in [0.25, 0.3) is 0 Å². The highest BCUT2D eigenvalue weighted by molar-refractivity contribution is 7.20. The maximum atomic E-state index is 12.6. The van der Waals surface area contributed by atoms with E-state index < -0.39 is 0 Å². The van der Waals surface area contributed by atoms with Crippen molar-refractivity contribution >= 4 is 51.2 Å². The fourth-order valence-electron chi connectivity index (χ4n) is 2.16. The Morgan fingerprint density at radius 2 is 1.95 bits per heavy atom. The summed E-state index contributed by atoms with van der Waals surface area (Å²) in [5, 5.41) is 0.924. The number of fused-ring (bicyclic) bond motifs is 1. The zero-order valence-electron chi connectivity index (χ0n) is 9.98. The summed E-state index contributed by atoms with van der Waals surface area (Å²) in [7, 11) is 1.92. The van der Waals surface area contributed by atoms with E-state index in [-0.39, 0.29) is 5.78 Å². The molecule has 0 saturated heterocycles. The van der Waals surface area contributed by atoms with Gasteiger partial charge in [0.05, 0.1) is 9.90 Å². The largest absolute Gasteiger partial charge is 0.350 e. The molecule has 5 heteroatoms. The van der Waals surface area contributed by atoms with E-state index in [4.69, 9.17) is 23.2 Å². The summed E-state index contributed by atoms with van der Waals surface area (Å²) in [4.78, 5) is 12.6. The lowest BCUT2D eigenvalue weighted by Gasteiger charge is -1.97. The summed E-state index contributed by atoms with van der Waals surface area (Å²) < 4.78 is 2.89. The van der Waals surface area contributed by atoms with Crippen LogP contribution < -0.4 is 0 Å². The van der Waals surface area contributed by atoms with Crippen molar-refractivity contribution < 1.29 is 4.79 Å². The Bertz CT molecular complexity index is 788. The molecule has 96 valence electrons. The van der Waals surface area contributed by atoms with Gasteiger partial charge in [0.1, 0.15) is 4.34 Å². The van der Waals surface area contributed by atoms with Gasteiger partial charge in [0.2, 0.25) is 0 Å². The molecular formula is C14H9Cl2NOS. The zero-order chi connectivity index (χ0) is 13.6. The molecule has 0 saturated carbocycles. The van der Waals surface area contributed by atoms with Crippen molar-refractivity contribution in [3.05, 3.63) is 56.3 Å². The van der Waals surface area contributed by atoms with Crippen LogP contribution in [-0.2, 0) is 7.05 Å². The molecule has 0 N–H and O–H groups in total. The lowest BCUT2D eigenvalue weighted by molar-refractivity contribution is 0.104. The molecule has 2 nitrogen and oxygen atoms in total. The van der Waals surface area contributed by atoms with Crippen LogP contribution in [0.15, 0.2) is 36.5 Å². The summed E-state index contributed by atoms with van der Waals surface area (Å²) in [6.07, 6.45) is 1.83. The third-order valence-corrected chi connectivity index (χ3v) is 4.53. The van der Waals surface area contributed by atoms with E-state index in [2.05, 4.69) is 0 Å². The van der Waals surface area contributed by atoms with Crippen LogP contribution in [0.5, 0.6) is 0 Å². The average Bonchev–Trinajstić information content (AvgIpc) is 2.90. The molecule has 19 heavy (non-hydrogen) atoms. The second-order valence-corrected chi connectivity index (χ2v) is 6.52. The molecule has 0 aliphatic heterocycles. The van der Waals surface area contributed by atoms with Crippen LogP contribution in [0.4, 0.5) is 0 Å². The SMILES string of the molecule is Cn1cc(C(=O)c2cc(Cl)sc2Cl)c2ccccc21. The van der Waals surface area contributed by atoms with Crippen LogP contribution in [0.25, 0.3) is 10.9 Å². The lowest BCUT2D eigenvalue weighted by atomic mass is 10.1. The predicted octanol–water partition coefficient (Wildman–Crippen LogP) is 4.78. The van der Waals surface area contributed by atoms with E-state index in [1.165, 1.54) is 11.3 Å². The van der Waals surface area contributed by atoms with E-state index in [0.717, 1.165) is 10.9 Å². The van der Waals surface area contributed by atoms with E-state index in [1.54, 1.807) is 6.07 Å². The fourth-order valence-corrected chi connectivity index (χ4v) is 3.62. The molecule has 0 bridgehead atoms. The first kappa shape index (κ1) is 12.7. The number of benzene rings is 1. The third kappa shape index (κ3) is 2.08. The van der Waals surface area contributed by atoms with Crippen LogP contribution in [0.3, 0.4) is 0 Å². The van der Waals surface area contributed by atoms with Gasteiger partial charge in [-0.15, -0.1) is 11.3 Å². The Hall–Kier alpha value is -1.29. The highest BCUT2D eigenvalue weighted by Gasteiger charge is 2.19. The van der Waals surface area contributed by atoms with Crippen LogP contribution >= 0.6 is 34.5 Å². The number of aryl methyl sites for hydroxylation is 1. The number of aromatic nitrogens is 1. The molecule has 0 atom stereocenters. The number of ketones is 1. The zero-order valence-corrected chi connectivity index (χ0v) is 12.3. The Kier molecular flexibility index (Phi) is 3.13. The number of hydrogen-bond donors (Lipinski definition) is 0. The minimum absolute atomic E-state index is 0.0926. The van der Waals surface area contributed by atoms with Gasteiger partial charge >= 0.3 is 0 Å². The Balaban J connectivity index is 2.20. The van der Waals surface area contributed by atoms with Gasteiger partial charge in [-0.2, -0.15) is 0 Å². The summed E-state index contributed by atoms with van der Waals surface area (Å²) >= 11 is 13.2. The van der Waals surface area contributed by atoms with Gasteiger partial charge in [-0.3, -0.25) is 4.79 Å². The average molecular weight is 310 g/mol. The molecule has 2 aromatic heterocycles. The smallest absolute Gasteiger partial charge is 0.197 e. The number of halogens is 2. The van der Waals surface area contributed by atoms with Gasteiger partial charge in [0, 0.05) is 29.7 Å². The molecule has 0 amide bonds. The second kappa shape index (κ2) is 4.67. The van der Waals surface area contributed by atoms with Gasteiger partial charge in [-0.05, 0) is 12.1 Å². The molecule has 0 radical (unpaired) electrons. The monoisotopic (exact) mass is 309 g/mol. The van der Waals surface area contributed by atoms with E-state index in [0.29, 0.717) is 19.8 Å². The molecule has 2 heterocycles. The maximum Gasteiger partial charge on any atom is 0.197 e. The maximum absolute atomic E-state index is 12.6. The van der Waals surface area contributed by atoms with E-state index in [9.17, 15) is 4.79 Å². The van der Waals surface area contributed by atoms with Crippen molar-refractivity contribution in [2.45, 2.75) is 0 Å². The quantitative estimate of drug-likeness (QED) is 0.624. The third-order valence-electron chi connectivity index (χ3n) is 3.04. The number of thiophene rings is 1. The summed E-state index contributed by atoms with van der Waals surface area (Å²) in [5.41, 5.74) is 2.13. The van der Waals surface area contributed by atoms with Crippen LogP contribution in [0.1, 0.15) is 15.9 Å². The lowest BCUT2D eigenvalue weighted by Crippen LogP contribution is -1.99. The highest BCUT2D eigenvalue weighted by Crippen LogP contribution is 2.34. The molecule has 0 spiro atoms. The molecule has 0 aliphatic carbocycles. The van der Waals surface area contributed by atoms with Crippen molar-refractivity contribution in [1.82, 2.24) is 4.57 Å². The predicted molar refractivity (Wildman–Crippen MR) is 80.7 cm³/mol. The number of rotatable bonds is 2. The van der Waals surface area contributed by atoms with Gasteiger partial charge in [-0.25, -0.2) is 0 Å². The minimum atomic E-state index is -0.0926. The first-order chi connectivity index (χ1) is 9.08. The molecule has 0 aliphatic rings. The number of nitrogens with zero attached hydrogens (tertiary/aromatic N) is 1. The van der Waals surface area contributed by atoms with Gasteiger partial charge in [0.15, 0.2) is 5.78 Å². The van der Waals surface area contributed by atoms with E-state index >= 15 is 0 Å². The Morgan fingerprint density at radius 3 is 2.63 bits per heavy atom. The summed E-state index contributed by atoms with van der Waals surface area (Å²) in [5.74, 6) is -0.0926. The minimum Gasteiger partial charge on any atom is -0.350 e. The van der Waals surface area contributed by atoms with Crippen molar-refractivity contribution in [3.8, 4) is 0 Å². The number of hydrogen-bond acceptors (Lipinski definition) is 2. The van der Waals surface area contributed by atoms with Crippen LogP contribution in [0.2, 0.25) is 8.67 Å². The van der Waals surface area contributed by atoms with E-state index in [1.807, 2.05) is 42.1 Å². The topological polar surface area (TPSA) is 22.0 Å².